The quantitative estimate of drug-likeness (QED) is 0.521. The monoisotopic (exact) mass is 189 g/mol. The number of aliphatic hydroxyl groups is 1. The Bertz CT molecular complexity index is 62.1. The van der Waals surface area contributed by atoms with Crippen molar-refractivity contribution >= 4 is 29.7 Å². The molecule has 0 heterocycles. The maximum Gasteiger partial charge on any atom is 1.59 e. The Morgan fingerprint density at radius 1 is 1.27 bits per heavy atom. The summed E-state index contributed by atoms with van der Waals surface area (Å²) in [6, 6.07) is 0. The largest absolute Gasteiger partial charge is 1.59 e. The molecule has 1 N–H and O–H groups in total. The summed E-state index contributed by atoms with van der Waals surface area (Å²) in [5.41, 5.74) is 0. The van der Waals surface area contributed by atoms with Gasteiger partial charge in [-0.1, -0.05) is 33.1 Å². The fourth-order valence-electron chi connectivity index (χ4n) is 0.834. The summed E-state index contributed by atoms with van der Waals surface area (Å²) in [4.78, 5) is 0. The van der Waals surface area contributed by atoms with Gasteiger partial charge in [-0.2, -0.15) is 0 Å². The fourth-order valence-corrected chi connectivity index (χ4v) is 0.834. The van der Waals surface area contributed by atoms with E-state index < -0.39 is 0 Å². The minimum absolute atomic E-state index is 0.0449. The molecule has 0 aliphatic rings. The van der Waals surface area contributed by atoms with E-state index in [4.69, 9.17) is 5.11 Å². The minimum Gasteiger partial charge on any atom is -0.393 e. The van der Waals surface area contributed by atoms with Crippen molar-refractivity contribution in [3.8, 4) is 0 Å². The van der Waals surface area contributed by atoms with Crippen LogP contribution in [0.25, 0.3) is 0 Å². The molecule has 63 valence electrons. The highest BCUT2D eigenvalue weighted by molar-refractivity contribution is 6.80. The second kappa shape index (κ2) is 13.6. The zero-order valence-electron chi connectivity index (χ0n) is 7.65. The van der Waals surface area contributed by atoms with Crippen LogP contribution in [0.15, 0.2) is 0 Å². The first-order valence-corrected chi connectivity index (χ1v) is 6.39. The second-order valence-electron chi connectivity index (χ2n) is 2.56. The average Bonchev–Trinajstić information content (AvgIpc) is 2.08. The van der Waals surface area contributed by atoms with Crippen LogP contribution < -0.4 is 0 Å². The van der Waals surface area contributed by atoms with Gasteiger partial charge in [0.2, 0.25) is 0 Å². The van der Waals surface area contributed by atoms with Crippen molar-refractivity contribution < 1.29 is 5.11 Å². The first-order valence-electron chi connectivity index (χ1n) is 4.26. The smallest absolute Gasteiger partial charge is 0.393 e. The van der Waals surface area contributed by atoms with E-state index in [1.165, 1.54) is 39.9 Å². The molecule has 0 amide bonds. The number of rotatable bonds is 5. The van der Waals surface area contributed by atoms with E-state index >= 15 is 0 Å². The van der Waals surface area contributed by atoms with Crippen molar-refractivity contribution in [2.24, 2.45) is 0 Å². The molecule has 0 spiro atoms. The van der Waals surface area contributed by atoms with Crippen LogP contribution in [0.2, 0.25) is 0 Å². The van der Waals surface area contributed by atoms with Crippen LogP contribution in [0, 0.1) is 0 Å². The Hall–Kier alpha value is 1.02. The van der Waals surface area contributed by atoms with Gasteiger partial charge in [0.05, 0.1) is 6.10 Å². The molecule has 3 heteroatoms. The van der Waals surface area contributed by atoms with Gasteiger partial charge in [-0.3, -0.25) is 0 Å². The molecule has 11 heavy (non-hydrogen) atoms. The summed E-state index contributed by atoms with van der Waals surface area (Å²) >= 11 is 1.33. The lowest BCUT2D eigenvalue weighted by atomic mass is 10.1. The number of unbranched alkanes of at least 4 members (excludes halogenated alkanes) is 2. The molecular formula is C8H18ClMgO+2. The lowest BCUT2D eigenvalue weighted by molar-refractivity contribution is 0.156. The molecule has 0 bridgehead atoms. The van der Waals surface area contributed by atoms with Crippen molar-refractivity contribution in [3.05, 3.63) is 0 Å². The number of halogens is 1. The van der Waals surface area contributed by atoms with Crippen molar-refractivity contribution in [3.63, 3.8) is 0 Å². The highest BCUT2D eigenvalue weighted by Gasteiger charge is 2.16. The Morgan fingerprint density at radius 3 is 2.18 bits per heavy atom. The van der Waals surface area contributed by atoms with Crippen LogP contribution in [-0.2, 0) is 0 Å². The Kier molecular flexibility index (Phi) is 18.0. The molecule has 1 atom stereocenters. The SMILES string of the molecule is CCCCCC(O)CC.[Mg+2][Cl]. The van der Waals surface area contributed by atoms with Gasteiger partial charge in [-0.15, -0.1) is 0 Å². The molecule has 7 radical (unpaired) electrons. The van der Waals surface area contributed by atoms with Gasteiger partial charge in [-0.25, -0.2) is 0 Å². The summed E-state index contributed by atoms with van der Waals surface area (Å²) in [7, 11) is 4.67. The van der Waals surface area contributed by atoms with E-state index in [-0.39, 0.29) is 6.10 Å². The Labute approximate surface area is 86.7 Å². The minimum atomic E-state index is -0.0449. The lowest BCUT2D eigenvalue weighted by Gasteiger charge is -2.04. The van der Waals surface area contributed by atoms with Crippen molar-refractivity contribution in [2.75, 3.05) is 0 Å². The number of aliphatic hydroxyl groups excluding tert-OH is 1. The van der Waals surface area contributed by atoms with E-state index in [2.05, 4.69) is 16.0 Å². The van der Waals surface area contributed by atoms with Gasteiger partial charge < -0.3 is 5.11 Å². The predicted octanol–water partition coefficient (Wildman–Crippen LogP) is 2.65. The molecule has 1 unspecified atom stereocenters. The third kappa shape index (κ3) is 13.9. The number of hydrogen-bond acceptors (Lipinski definition) is 1. The van der Waals surface area contributed by atoms with Gasteiger partial charge in [0, 0.05) is 0 Å². The molecule has 0 aliphatic heterocycles. The number of hydrogen-bond donors (Lipinski definition) is 1. The molecule has 0 aliphatic carbocycles. The summed E-state index contributed by atoms with van der Waals surface area (Å²) < 4.78 is 0. The maximum atomic E-state index is 9.08. The van der Waals surface area contributed by atoms with Crippen molar-refractivity contribution in [2.45, 2.75) is 52.1 Å². The normalized spacial score (nSPS) is 11.7. The molecule has 0 saturated heterocycles. The molecule has 1 nitrogen and oxygen atoms in total. The maximum absolute atomic E-state index is 9.08. The van der Waals surface area contributed by atoms with E-state index in [0.717, 1.165) is 12.8 Å². The molecule has 0 aromatic rings. The van der Waals surface area contributed by atoms with Crippen molar-refractivity contribution in [1.82, 2.24) is 0 Å². The average molecular weight is 190 g/mol. The molecule has 0 aromatic heterocycles. The first kappa shape index (κ1) is 14.5. The van der Waals surface area contributed by atoms with Gasteiger partial charge >= 0.3 is 29.7 Å². The molecule has 0 saturated carbocycles. The molecule has 0 rings (SSSR count). The van der Waals surface area contributed by atoms with Gasteiger partial charge in [0.15, 0.2) is 0 Å². The van der Waals surface area contributed by atoms with Gasteiger partial charge in [-0.05, 0) is 12.8 Å². The third-order valence-corrected chi connectivity index (χ3v) is 1.61. The van der Waals surface area contributed by atoms with Crippen LogP contribution in [0.3, 0.4) is 0 Å². The summed E-state index contributed by atoms with van der Waals surface area (Å²) in [5, 5.41) is 9.08. The van der Waals surface area contributed by atoms with E-state index in [9.17, 15) is 0 Å². The topological polar surface area (TPSA) is 20.2 Å². The molecular weight excluding hydrogens is 172 g/mol. The van der Waals surface area contributed by atoms with Crippen molar-refractivity contribution in [1.29, 1.82) is 0 Å². The lowest BCUT2D eigenvalue weighted by Crippen LogP contribution is -2.02. The Morgan fingerprint density at radius 2 is 1.82 bits per heavy atom. The summed E-state index contributed by atoms with van der Waals surface area (Å²) in [6.07, 6.45) is 5.55. The third-order valence-electron chi connectivity index (χ3n) is 1.61. The molecule has 0 aromatic carbocycles. The van der Waals surface area contributed by atoms with Crippen LogP contribution in [-0.4, -0.2) is 31.8 Å². The second-order valence-corrected chi connectivity index (χ2v) is 2.56. The summed E-state index contributed by atoms with van der Waals surface area (Å²) in [5.74, 6) is 0. The molecule has 0 fully saturated rings. The van der Waals surface area contributed by atoms with Crippen LogP contribution in [0.5, 0.6) is 0 Å². The van der Waals surface area contributed by atoms with E-state index in [0.29, 0.717) is 0 Å². The fraction of sp³-hybridized carbons (Fsp3) is 1.00. The van der Waals surface area contributed by atoms with E-state index in [1.807, 2.05) is 6.92 Å². The van der Waals surface area contributed by atoms with Gasteiger partial charge in [0.25, 0.3) is 0 Å². The zero-order valence-corrected chi connectivity index (χ0v) is 9.82. The zero-order chi connectivity index (χ0) is 9.11. The predicted molar refractivity (Wildman–Crippen MR) is 52.0 cm³/mol. The van der Waals surface area contributed by atoms with Crippen LogP contribution in [0.4, 0.5) is 0 Å². The highest BCUT2D eigenvalue weighted by Crippen LogP contribution is 2.04. The van der Waals surface area contributed by atoms with E-state index in [1.54, 1.807) is 0 Å². The van der Waals surface area contributed by atoms with Crippen LogP contribution in [0.1, 0.15) is 46.0 Å². The highest BCUT2D eigenvalue weighted by atomic mass is 35.5. The standard InChI is InChI=1S/C8H18O.ClH.Mg/c1-3-5-6-7-8(9)4-2;;/h8-9H,3-7H2,1-2H3;1H;/q;;+3/p-1. The first-order chi connectivity index (χ1) is 5.31. The van der Waals surface area contributed by atoms with Crippen LogP contribution >= 0.6 is 9.07 Å². The summed E-state index contributed by atoms with van der Waals surface area (Å²) in [6.45, 7) is 4.20. The Balaban J connectivity index is 0. The van der Waals surface area contributed by atoms with Gasteiger partial charge in [0.1, 0.15) is 0 Å².